The lowest BCUT2D eigenvalue weighted by Gasteiger charge is -2.28. The molecule has 0 aromatic carbocycles. The molecule has 9 heteroatoms. The summed E-state index contributed by atoms with van der Waals surface area (Å²) in [5.41, 5.74) is -1.13. The monoisotopic (exact) mass is 424 g/mol. The van der Waals surface area contributed by atoms with Crippen molar-refractivity contribution in [2.75, 3.05) is 26.9 Å². The van der Waals surface area contributed by atoms with Gasteiger partial charge in [-0.1, -0.05) is 13.8 Å². The van der Waals surface area contributed by atoms with E-state index in [0.29, 0.717) is 26.5 Å². The van der Waals surface area contributed by atoms with Gasteiger partial charge in [-0.25, -0.2) is 14.6 Å². The number of thiophene rings is 1. The first-order chi connectivity index (χ1) is 13.6. The zero-order valence-electron chi connectivity index (χ0n) is 18.0. The van der Waals surface area contributed by atoms with E-state index in [4.69, 9.17) is 14.2 Å². The second-order valence-corrected chi connectivity index (χ2v) is 8.41. The number of hydrogen-bond acceptors (Lipinski definition) is 8. The minimum absolute atomic E-state index is 0.119. The third-order valence-corrected chi connectivity index (χ3v) is 5.71. The van der Waals surface area contributed by atoms with Gasteiger partial charge in [-0.15, -0.1) is 11.3 Å². The summed E-state index contributed by atoms with van der Waals surface area (Å²) in [6.45, 7) is 11.1. The van der Waals surface area contributed by atoms with Crippen LogP contribution >= 0.6 is 11.3 Å². The molecular formula is C20H28N2O6S. The highest BCUT2D eigenvalue weighted by molar-refractivity contribution is 7.20. The SMILES string of the molecule is CCOC(=O)C(C)(C)n1c(C(C)C)nc2sc(C(=O)OCCOC)c(C)c2c1=O. The molecular weight excluding hydrogens is 396 g/mol. The Morgan fingerprint density at radius 3 is 2.41 bits per heavy atom. The van der Waals surface area contributed by atoms with E-state index in [9.17, 15) is 14.4 Å². The zero-order chi connectivity index (χ0) is 21.9. The number of hydrogen-bond donors (Lipinski definition) is 0. The van der Waals surface area contributed by atoms with Crippen molar-refractivity contribution in [3.05, 3.63) is 26.6 Å². The normalized spacial score (nSPS) is 11.9. The van der Waals surface area contributed by atoms with Crippen LogP contribution in [0.1, 0.15) is 61.6 Å². The van der Waals surface area contributed by atoms with Crippen LogP contribution < -0.4 is 5.56 Å². The summed E-state index contributed by atoms with van der Waals surface area (Å²) < 4.78 is 16.7. The number of aryl methyl sites for hydroxylation is 1. The van der Waals surface area contributed by atoms with Crippen LogP contribution in [-0.2, 0) is 24.5 Å². The first kappa shape index (κ1) is 23.0. The molecule has 160 valence electrons. The molecule has 0 aliphatic rings. The molecule has 0 atom stereocenters. The molecule has 8 nitrogen and oxygen atoms in total. The minimum Gasteiger partial charge on any atom is -0.464 e. The van der Waals surface area contributed by atoms with Crippen LogP contribution in [0.4, 0.5) is 0 Å². The largest absolute Gasteiger partial charge is 0.464 e. The summed E-state index contributed by atoms with van der Waals surface area (Å²) in [6, 6.07) is 0. The van der Waals surface area contributed by atoms with Crippen LogP contribution in [0.25, 0.3) is 10.2 Å². The molecule has 0 aliphatic heterocycles. The van der Waals surface area contributed by atoms with E-state index in [2.05, 4.69) is 4.98 Å². The summed E-state index contributed by atoms with van der Waals surface area (Å²) >= 11 is 1.12. The molecule has 2 aromatic heterocycles. The fourth-order valence-electron chi connectivity index (χ4n) is 3.00. The molecule has 0 fully saturated rings. The van der Waals surface area contributed by atoms with Crippen molar-refractivity contribution in [2.24, 2.45) is 0 Å². The molecule has 0 spiro atoms. The first-order valence-electron chi connectivity index (χ1n) is 9.47. The Hall–Kier alpha value is -2.26. The highest BCUT2D eigenvalue weighted by Crippen LogP contribution is 2.31. The van der Waals surface area contributed by atoms with Gasteiger partial charge in [0.25, 0.3) is 5.56 Å². The minimum atomic E-state index is -1.25. The number of carbonyl (C=O) groups is 2. The highest BCUT2D eigenvalue weighted by atomic mass is 32.1. The standard InChI is InChI=1S/C20H28N2O6S/c1-8-27-19(25)20(5,6)22-15(11(2)3)21-16-13(17(22)23)12(4)14(29-16)18(24)28-10-9-26-7/h11H,8-10H2,1-7H3. The van der Waals surface area contributed by atoms with Gasteiger partial charge in [0.05, 0.1) is 18.6 Å². The molecule has 0 aliphatic carbocycles. The first-order valence-corrected chi connectivity index (χ1v) is 10.3. The van der Waals surface area contributed by atoms with Crippen LogP contribution in [-0.4, -0.2) is 48.4 Å². The average Bonchev–Trinajstić information content (AvgIpc) is 2.98. The predicted molar refractivity (Wildman–Crippen MR) is 111 cm³/mol. The number of nitrogens with zero attached hydrogens (tertiary/aromatic N) is 2. The van der Waals surface area contributed by atoms with E-state index >= 15 is 0 Å². The number of rotatable bonds is 8. The molecule has 0 radical (unpaired) electrons. The Kier molecular flexibility index (Phi) is 7.18. The van der Waals surface area contributed by atoms with Crippen molar-refractivity contribution in [2.45, 2.75) is 53.0 Å². The quantitative estimate of drug-likeness (QED) is 0.475. The second-order valence-electron chi connectivity index (χ2n) is 7.41. The van der Waals surface area contributed by atoms with Crippen molar-refractivity contribution in [1.82, 2.24) is 9.55 Å². The van der Waals surface area contributed by atoms with E-state index < -0.39 is 17.5 Å². The lowest BCUT2D eigenvalue weighted by molar-refractivity contribution is -0.152. The van der Waals surface area contributed by atoms with Crippen molar-refractivity contribution >= 4 is 33.5 Å². The average molecular weight is 425 g/mol. The molecule has 29 heavy (non-hydrogen) atoms. The predicted octanol–water partition coefficient (Wildman–Crippen LogP) is 2.99. The van der Waals surface area contributed by atoms with Crippen LogP contribution in [0.15, 0.2) is 4.79 Å². The van der Waals surface area contributed by atoms with Crippen LogP contribution in [0, 0.1) is 6.92 Å². The van der Waals surface area contributed by atoms with E-state index in [1.165, 1.54) is 11.7 Å². The molecule has 2 heterocycles. The van der Waals surface area contributed by atoms with Gasteiger partial charge in [0.2, 0.25) is 0 Å². The summed E-state index contributed by atoms with van der Waals surface area (Å²) in [5, 5.41) is 0.315. The zero-order valence-corrected chi connectivity index (χ0v) is 18.8. The second kappa shape index (κ2) is 9.04. The van der Waals surface area contributed by atoms with Crippen molar-refractivity contribution in [3.63, 3.8) is 0 Å². The number of aromatic nitrogens is 2. The van der Waals surface area contributed by atoms with Gasteiger partial charge >= 0.3 is 11.9 Å². The van der Waals surface area contributed by atoms with Crippen LogP contribution in [0.2, 0.25) is 0 Å². The molecule has 2 rings (SSSR count). The Morgan fingerprint density at radius 1 is 1.21 bits per heavy atom. The lowest BCUT2D eigenvalue weighted by Crippen LogP contribution is -2.46. The van der Waals surface area contributed by atoms with Crippen molar-refractivity contribution < 1.29 is 23.8 Å². The molecule has 0 saturated heterocycles. The summed E-state index contributed by atoms with van der Waals surface area (Å²) in [6.07, 6.45) is 0. The Balaban J connectivity index is 2.71. The Labute approximate surface area is 173 Å². The van der Waals surface area contributed by atoms with Gasteiger partial charge in [0.15, 0.2) is 0 Å². The number of ether oxygens (including phenoxy) is 3. The third kappa shape index (κ3) is 4.35. The maximum atomic E-state index is 13.5. The fourth-order valence-corrected chi connectivity index (χ4v) is 4.08. The topological polar surface area (TPSA) is 96.7 Å². The number of esters is 2. The smallest absolute Gasteiger partial charge is 0.348 e. The van der Waals surface area contributed by atoms with Crippen LogP contribution in [0.5, 0.6) is 0 Å². The van der Waals surface area contributed by atoms with Gasteiger partial charge in [0, 0.05) is 13.0 Å². The molecule has 0 bridgehead atoms. The van der Waals surface area contributed by atoms with Crippen molar-refractivity contribution in [1.29, 1.82) is 0 Å². The molecule has 0 amide bonds. The van der Waals surface area contributed by atoms with E-state index in [1.807, 2.05) is 13.8 Å². The molecule has 0 N–H and O–H groups in total. The number of methoxy groups -OCH3 is 1. The maximum Gasteiger partial charge on any atom is 0.348 e. The van der Waals surface area contributed by atoms with Crippen LogP contribution in [0.3, 0.4) is 0 Å². The van der Waals surface area contributed by atoms with Gasteiger partial charge < -0.3 is 14.2 Å². The molecule has 0 saturated carbocycles. The van der Waals surface area contributed by atoms with E-state index in [1.54, 1.807) is 27.7 Å². The lowest BCUT2D eigenvalue weighted by atomic mass is 10.0. The third-order valence-electron chi connectivity index (χ3n) is 4.55. The van der Waals surface area contributed by atoms with E-state index in [0.717, 1.165) is 11.3 Å². The fraction of sp³-hybridized carbons (Fsp3) is 0.600. The van der Waals surface area contributed by atoms with E-state index in [-0.39, 0.29) is 31.3 Å². The molecule has 0 unspecified atom stereocenters. The van der Waals surface area contributed by atoms with Gasteiger partial charge in [-0.05, 0) is 33.3 Å². The maximum absolute atomic E-state index is 13.5. The molecule has 2 aromatic rings. The summed E-state index contributed by atoms with van der Waals surface area (Å²) in [7, 11) is 1.52. The Morgan fingerprint density at radius 2 is 1.86 bits per heavy atom. The Bertz CT molecular complexity index is 973. The number of fused-ring (bicyclic) bond motifs is 1. The number of carbonyl (C=O) groups excluding carboxylic acids is 2. The van der Waals surface area contributed by atoms with Gasteiger partial charge in [0.1, 0.15) is 27.7 Å². The highest BCUT2D eigenvalue weighted by Gasteiger charge is 2.37. The summed E-state index contributed by atoms with van der Waals surface area (Å²) in [4.78, 5) is 43.9. The summed E-state index contributed by atoms with van der Waals surface area (Å²) in [5.74, 6) is -0.706. The van der Waals surface area contributed by atoms with Crippen molar-refractivity contribution in [3.8, 4) is 0 Å². The van der Waals surface area contributed by atoms with Gasteiger partial charge in [-0.2, -0.15) is 0 Å². The van der Waals surface area contributed by atoms with Gasteiger partial charge in [-0.3, -0.25) is 9.36 Å².